The molecule has 0 unspecified atom stereocenters. The highest BCUT2D eigenvalue weighted by atomic mass is 16.2. The molecule has 0 spiro atoms. The average Bonchev–Trinajstić information content (AvgIpc) is 2.74. The lowest BCUT2D eigenvalue weighted by Gasteiger charge is -2.18. The molecule has 1 amide bonds. The molecule has 0 fully saturated rings. The number of carbonyl (C=O) groups is 1. The van der Waals surface area contributed by atoms with Crippen LogP contribution in [0.5, 0.6) is 0 Å². The zero-order valence-electron chi connectivity index (χ0n) is 15.4. The molecule has 4 rings (SSSR count). The van der Waals surface area contributed by atoms with Crippen molar-refractivity contribution in [1.82, 2.24) is 14.9 Å². The maximum absolute atomic E-state index is 12.8. The highest BCUT2D eigenvalue weighted by Gasteiger charge is 2.17. The standard InChI is InChI=1S/C23H19N3O2/c1-26(15-17-9-5-11-21-18(17)10-6-14-24-21)23(28)19-12-13-20(25-22(19)27)16-7-3-2-4-8-16/h2-14H,15H2,1H3,(H,25,27). The lowest BCUT2D eigenvalue weighted by atomic mass is 10.1. The van der Waals surface area contributed by atoms with Crippen molar-refractivity contribution in [3.8, 4) is 11.3 Å². The first-order valence-corrected chi connectivity index (χ1v) is 9.00. The van der Waals surface area contributed by atoms with E-state index in [9.17, 15) is 9.59 Å². The Balaban J connectivity index is 1.59. The normalized spacial score (nSPS) is 10.8. The summed E-state index contributed by atoms with van der Waals surface area (Å²) in [6, 6.07) is 22.6. The molecule has 0 radical (unpaired) electrons. The molecule has 2 heterocycles. The number of fused-ring (bicyclic) bond motifs is 1. The van der Waals surface area contributed by atoms with Crippen molar-refractivity contribution in [3.63, 3.8) is 0 Å². The average molecular weight is 369 g/mol. The summed E-state index contributed by atoms with van der Waals surface area (Å²) < 4.78 is 0. The second-order valence-electron chi connectivity index (χ2n) is 6.63. The number of aromatic amines is 1. The second kappa shape index (κ2) is 7.48. The van der Waals surface area contributed by atoms with E-state index in [0.717, 1.165) is 22.0 Å². The molecule has 0 aliphatic carbocycles. The number of amides is 1. The number of rotatable bonds is 4. The predicted octanol–water partition coefficient (Wildman–Crippen LogP) is 3.86. The predicted molar refractivity (Wildman–Crippen MR) is 110 cm³/mol. The van der Waals surface area contributed by atoms with Crippen molar-refractivity contribution in [2.24, 2.45) is 0 Å². The van der Waals surface area contributed by atoms with Gasteiger partial charge in [-0.2, -0.15) is 0 Å². The zero-order chi connectivity index (χ0) is 19.5. The molecular weight excluding hydrogens is 350 g/mol. The Kier molecular flexibility index (Phi) is 4.72. The van der Waals surface area contributed by atoms with Gasteiger partial charge in [0.15, 0.2) is 0 Å². The van der Waals surface area contributed by atoms with Crippen molar-refractivity contribution in [2.75, 3.05) is 7.05 Å². The van der Waals surface area contributed by atoms with Gasteiger partial charge in [-0.3, -0.25) is 14.6 Å². The molecule has 0 saturated heterocycles. The SMILES string of the molecule is CN(Cc1cccc2ncccc12)C(=O)c1ccc(-c2ccccc2)[nH]c1=O. The van der Waals surface area contributed by atoms with Gasteiger partial charge in [-0.05, 0) is 35.4 Å². The minimum atomic E-state index is -0.391. The summed E-state index contributed by atoms with van der Waals surface area (Å²) in [7, 11) is 1.70. The monoisotopic (exact) mass is 369 g/mol. The molecule has 0 saturated carbocycles. The molecule has 0 atom stereocenters. The van der Waals surface area contributed by atoms with Gasteiger partial charge in [-0.15, -0.1) is 0 Å². The molecular formula is C23H19N3O2. The summed E-state index contributed by atoms with van der Waals surface area (Å²) in [5.74, 6) is -0.318. The molecule has 138 valence electrons. The number of pyridine rings is 2. The summed E-state index contributed by atoms with van der Waals surface area (Å²) in [5, 5.41) is 0.998. The third-order valence-corrected chi connectivity index (χ3v) is 4.71. The summed E-state index contributed by atoms with van der Waals surface area (Å²) >= 11 is 0. The van der Waals surface area contributed by atoms with Gasteiger partial charge < -0.3 is 9.88 Å². The van der Waals surface area contributed by atoms with E-state index >= 15 is 0 Å². The fourth-order valence-electron chi connectivity index (χ4n) is 3.27. The van der Waals surface area contributed by atoms with Gasteiger partial charge in [-0.25, -0.2) is 0 Å². The minimum Gasteiger partial charge on any atom is -0.337 e. The topological polar surface area (TPSA) is 66.1 Å². The van der Waals surface area contributed by atoms with Gasteiger partial charge in [0, 0.05) is 30.9 Å². The van der Waals surface area contributed by atoms with Gasteiger partial charge in [0.05, 0.1) is 5.52 Å². The smallest absolute Gasteiger partial charge is 0.261 e. The van der Waals surface area contributed by atoms with E-state index in [-0.39, 0.29) is 11.5 Å². The van der Waals surface area contributed by atoms with Crippen LogP contribution in [0.4, 0.5) is 0 Å². The molecule has 28 heavy (non-hydrogen) atoms. The Labute approximate surface area is 162 Å². The van der Waals surface area contributed by atoms with Crippen molar-refractivity contribution in [1.29, 1.82) is 0 Å². The Morgan fingerprint density at radius 1 is 0.964 bits per heavy atom. The summed E-state index contributed by atoms with van der Waals surface area (Å²) in [4.78, 5) is 34.1. The molecule has 0 bridgehead atoms. The van der Waals surface area contributed by atoms with Crippen LogP contribution in [-0.4, -0.2) is 27.8 Å². The van der Waals surface area contributed by atoms with Gasteiger partial charge in [0.2, 0.25) is 0 Å². The largest absolute Gasteiger partial charge is 0.337 e. The number of benzene rings is 2. The van der Waals surface area contributed by atoms with Crippen LogP contribution in [0.15, 0.2) is 83.8 Å². The van der Waals surface area contributed by atoms with Gasteiger partial charge in [-0.1, -0.05) is 48.5 Å². The molecule has 0 aliphatic heterocycles. The maximum atomic E-state index is 12.8. The van der Waals surface area contributed by atoms with E-state index in [2.05, 4.69) is 9.97 Å². The minimum absolute atomic E-state index is 0.126. The Bertz CT molecular complexity index is 1190. The van der Waals surface area contributed by atoms with Crippen molar-refractivity contribution >= 4 is 16.8 Å². The van der Waals surface area contributed by atoms with Crippen LogP contribution < -0.4 is 5.56 Å². The van der Waals surface area contributed by atoms with Crippen LogP contribution in [0.3, 0.4) is 0 Å². The van der Waals surface area contributed by atoms with E-state index in [4.69, 9.17) is 0 Å². The number of hydrogen-bond acceptors (Lipinski definition) is 3. The number of nitrogens with one attached hydrogen (secondary N) is 1. The van der Waals surface area contributed by atoms with Crippen molar-refractivity contribution in [3.05, 3.63) is 100 Å². The first-order chi connectivity index (χ1) is 13.6. The molecule has 5 nitrogen and oxygen atoms in total. The summed E-state index contributed by atoms with van der Waals surface area (Å²) in [6.07, 6.45) is 1.74. The number of nitrogens with zero attached hydrogens (tertiary/aromatic N) is 2. The Hall–Kier alpha value is -3.73. The van der Waals surface area contributed by atoms with E-state index in [1.807, 2.05) is 60.7 Å². The second-order valence-corrected chi connectivity index (χ2v) is 6.63. The van der Waals surface area contributed by atoms with Crippen LogP contribution in [0, 0.1) is 0 Å². The van der Waals surface area contributed by atoms with Gasteiger partial charge >= 0.3 is 0 Å². The Morgan fingerprint density at radius 3 is 2.57 bits per heavy atom. The number of hydrogen-bond donors (Lipinski definition) is 1. The number of H-pyrrole nitrogens is 1. The van der Waals surface area contributed by atoms with Crippen LogP contribution in [0.25, 0.3) is 22.2 Å². The third kappa shape index (κ3) is 3.42. The summed E-state index contributed by atoms with van der Waals surface area (Å²) in [6.45, 7) is 0.391. The molecule has 2 aromatic carbocycles. The van der Waals surface area contributed by atoms with E-state index in [1.54, 1.807) is 30.3 Å². The Morgan fingerprint density at radius 2 is 1.79 bits per heavy atom. The lowest BCUT2D eigenvalue weighted by molar-refractivity contribution is 0.0784. The van der Waals surface area contributed by atoms with Crippen molar-refractivity contribution < 1.29 is 4.79 Å². The van der Waals surface area contributed by atoms with Crippen LogP contribution in [0.1, 0.15) is 15.9 Å². The van der Waals surface area contributed by atoms with Crippen molar-refractivity contribution in [2.45, 2.75) is 6.54 Å². The first kappa shape index (κ1) is 17.7. The summed E-state index contributed by atoms with van der Waals surface area (Å²) in [5.41, 5.74) is 3.18. The fraction of sp³-hybridized carbons (Fsp3) is 0.0870. The van der Waals surface area contributed by atoms with E-state index in [1.165, 1.54) is 0 Å². The first-order valence-electron chi connectivity index (χ1n) is 9.00. The van der Waals surface area contributed by atoms with E-state index < -0.39 is 5.56 Å². The van der Waals surface area contributed by atoms with Gasteiger partial charge in [0.25, 0.3) is 11.5 Å². The highest BCUT2D eigenvalue weighted by molar-refractivity contribution is 5.94. The fourth-order valence-corrected chi connectivity index (χ4v) is 3.27. The van der Waals surface area contributed by atoms with E-state index in [0.29, 0.717) is 12.2 Å². The molecule has 2 aromatic heterocycles. The number of aromatic nitrogens is 2. The molecule has 5 heteroatoms. The highest BCUT2D eigenvalue weighted by Crippen LogP contribution is 2.19. The quantitative estimate of drug-likeness (QED) is 0.594. The molecule has 1 N–H and O–H groups in total. The molecule has 4 aromatic rings. The van der Waals surface area contributed by atoms with Gasteiger partial charge in [0.1, 0.15) is 5.56 Å². The lowest BCUT2D eigenvalue weighted by Crippen LogP contribution is -2.31. The zero-order valence-corrected chi connectivity index (χ0v) is 15.4. The van der Waals surface area contributed by atoms with Crippen LogP contribution >= 0.6 is 0 Å². The van der Waals surface area contributed by atoms with Crippen LogP contribution in [0.2, 0.25) is 0 Å². The number of carbonyl (C=O) groups excluding carboxylic acids is 1. The maximum Gasteiger partial charge on any atom is 0.261 e. The molecule has 0 aliphatic rings. The third-order valence-electron chi connectivity index (χ3n) is 4.71. The van der Waals surface area contributed by atoms with Crippen LogP contribution in [-0.2, 0) is 6.54 Å².